The van der Waals surface area contributed by atoms with Crippen molar-refractivity contribution in [2.45, 2.75) is 0 Å². The van der Waals surface area contributed by atoms with Crippen LogP contribution in [0.15, 0.2) is 36.0 Å². The maximum atomic E-state index is 10.9. The third-order valence-electron chi connectivity index (χ3n) is 1.81. The number of halogens is 1. The lowest BCUT2D eigenvalue weighted by Gasteiger charge is -2.05. The van der Waals surface area contributed by atoms with Crippen molar-refractivity contribution in [2.24, 2.45) is 0 Å². The molecular weight excluding hydrogens is 218 g/mol. The lowest BCUT2D eigenvalue weighted by Crippen LogP contribution is -1.98. The molecule has 0 atom stereocenters. The van der Waals surface area contributed by atoms with Crippen molar-refractivity contribution in [3.8, 4) is 0 Å². The average Bonchev–Trinajstić information content (AvgIpc) is 2.56. The molecule has 1 N–H and O–H groups in total. The zero-order chi connectivity index (χ0) is 9.97. The molecule has 0 radical (unpaired) electrons. The predicted molar refractivity (Wildman–Crippen MR) is 60.6 cm³/mol. The first-order valence-electron chi connectivity index (χ1n) is 4.14. The van der Waals surface area contributed by atoms with Crippen molar-refractivity contribution < 1.29 is 4.79 Å². The Labute approximate surface area is 91.3 Å². The fraction of sp³-hybridized carbons (Fsp3) is 0.100. The normalized spacial score (nSPS) is 15.5. The van der Waals surface area contributed by atoms with Crippen molar-refractivity contribution in [1.29, 1.82) is 0 Å². The Morgan fingerprint density at radius 1 is 1.29 bits per heavy atom. The third kappa shape index (κ3) is 2.30. The number of rotatable bonds is 2. The van der Waals surface area contributed by atoms with Crippen molar-refractivity contribution >= 4 is 34.2 Å². The van der Waals surface area contributed by atoms with Crippen LogP contribution in [0.1, 0.15) is 0 Å². The van der Waals surface area contributed by atoms with Gasteiger partial charge in [-0.2, -0.15) is 0 Å². The van der Waals surface area contributed by atoms with Gasteiger partial charge < -0.3 is 5.32 Å². The molecule has 72 valence electrons. The summed E-state index contributed by atoms with van der Waals surface area (Å²) in [5.74, 6) is 0.724. The summed E-state index contributed by atoms with van der Waals surface area (Å²) in [6, 6.07) is 7.40. The highest BCUT2D eigenvalue weighted by atomic mass is 35.5. The van der Waals surface area contributed by atoms with Crippen LogP contribution in [0.5, 0.6) is 0 Å². The SMILES string of the molecule is O=C1C=C(Nc2ccc(Cl)cc2)CS1. The maximum Gasteiger partial charge on any atom is 0.214 e. The van der Waals surface area contributed by atoms with Gasteiger partial charge >= 0.3 is 0 Å². The van der Waals surface area contributed by atoms with E-state index in [1.54, 1.807) is 6.08 Å². The van der Waals surface area contributed by atoms with Gasteiger partial charge in [0.2, 0.25) is 5.12 Å². The first-order valence-corrected chi connectivity index (χ1v) is 5.50. The van der Waals surface area contributed by atoms with E-state index in [9.17, 15) is 4.79 Å². The first kappa shape index (κ1) is 9.62. The number of hydrogen-bond acceptors (Lipinski definition) is 3. The fourth-order valence-corrected chi connectivity index (χ4v) is 1.97. The molecule has 4 heteroatoms. The summed E-state index contributed by atoms with van der Waals surface area (Å²) in [5.41, 5.74) is 1.90. The number of hydrogen-bond donors (Lipinski definition) is 1. The highest BCUT2D eigenvalue weighted by molar-refractivity contribution is 8.14. The van der Waals surface area contributed by atoms with Crippen molar-refractivity contribution in [2.75, 3.05) is 11.1 Å². The lowest BCUT2D eigenvalue weighted by atomic mass is 10.3. The molecule has 1 heterocycles. The minimum atomic E-state index is 0.112. The zero-order valence-corrected chi connectivity index (χ0v) is 8.86. The number of anilines is 1. The Balaban J connectivity index is 2.08. The Hall–Kier alpha value is -0.930. The fourth-order valence-electron chi connectivity index (χ4n) is 1.17. The summed E-state index contributed by atoms with van der Waals surface area (Å²) in [4.78, 5) is 10.9. The Morgan fingerprint density at radius 3 is 2.57 bits per heavy atom. The molecule has 0 aromatic heterocycles. The van der Waals surface area contributed by atoms with Crippen LogP contribution in [0.2, 0.25) is 5.02 Å². The van der Waals surface area contributed by atoms with Crippen LogP contribution in [0.4, 0.5) is 5.69 Å². The van der Waals surface area contributed by atoms with E-state index in [-0.39, 0.29) is 5.12 Å². The minimum absolute atomic E-state index is 0.112. The van der Waals surface area contributed by atoms with Crippen LogP contribution in [-0.4, -0.2) is 10.9 Å². The van der Waals surface area contributed by atoms with Gasteiger partial charge in [0.25, 0.3) is 0 Å². The monoisotopic (exact) mass is 225 g/mol. The zero-order valence-electron chi connectivity index (χ0n) is 7.29. The summed E-state index contributed by atoms with van der Waals surface area (Å²) >= 11 is 7.06. The number of carbonyl (C=O) groups excluding carboxylic acids is 1. The molecule has 1 aromatic carbocycles. The van der Waals surface area contributed by atoms with E-state index in [2.05, 4.69) is 5.32 Å². The molecule has 0 fully saturated rings. The molecule has 0 unspecified atom stereocenters. The molecule has 0 spiro atoms. The molecule has 0 saturated carbocycles. The second kappa shape index (κ2) is 4.07. The first-order chi connectivity index (χ1) is 6.74. The van der Waals surface area contributed by atoms with E-state index >= 15 is 0 Å². The summed E-state index contributed by atoms with van der Waals surface area (Å²) in [7, 11) is 0. The highest BCUT2D eigenvalue weighted by Crippen LogP contribution is 2.21. The summed E-state index contributed by atoms with van der Waals surface area (Å²) in [6.45, 7) is 0. The van der Waals surface area contributed by atoms with E-state index in [1.165, 1.54) is 11.8 Å². The van der Waals surface area contributed by atoms with Gasteiger partial charge in [0.1, 0.15) is 0 Å². The van der Waals surface area contributed by atoms with Gasteiger partial charge in [-0.1, -0.05) is 23.4 Å². The number of carbonyl (C=O) groups is 1. The van der Waals surface area contributed by atoms with Crippen LogP contribution >= 0.6 is 23.4 Å². The van der Waals surface area contributed by atoms with Crippen LogP contribution in [0, 0.1) is 0 Å². The molecule has 0 aliphatic carbocycles. The summed E-state index contributed by atoms with van der Waals surface area (Å²) in [6.07, 6.45) is 1.62. The molecule has 14 heavy (non-hydrogen) atoms. The van der Waals surface area contributed by atoms with Crippen LogP contribution in [0.3, 0.4) is 0 Å². The molecule has 2 nitrogen and oxygen atoms in total. The highest BCUT2D eigenvalue weighted by Gasteiger charge is 2.12. The second-order valence-corrected chi connectivity index (χ2v) is 4.33. The molecular formula is C10H8ClNOS. The third-order valence-corrected chi connectivity index (χ3v) is 2.92. The van der Waals surface area contributed by atoms with E-state index < -0.39 is 0 Å². The molecule has 0 saturated heterocycles. The smallest absolute Gasteiger partial charge is 0.214 e. The second-order valence-electron chi connectivity index (χ2n) is 2.91. The van der Waals surface area contributed by atoms with Crippen molar-refractivity contribution in [3.63, 3.8) is 0 Å². The van der Waals surface area contributed by atoms with Gasteiger partial charge in [-0.05, 0) is 24.3 Å². The van der Waals surface area contributed by atoms with Crippen molar-refractivity contribution in [1.82, 2.24) is 0 Å². The summed E-state index contributed by atoms with van der Waals surface area (Å²) in [5, 5.41) is 3.98. The van der Waals surface area contributed by atoms with E-state index in [0.29, 0.717) is 5.02 Å². The molecule has 1 aromatic rings. The van der Waals surface area contributed by atoms with Crippen LogP contribution < -0.4 is 5.32 Å². The van der Waals surface area contributed by atoms with Gasteiger partial charge in [0, 0.05) is 28.2 Å². The van der Waals surface area contributed by atoms with Crippen molar-refractivity contribution in [3.05, 3.63) is 41.1 Å². The number of benzene rings is 1. The maximum absolute atomic E-state index is 10.9. The van der Waals surface area contributed by atoms with E-state index in [0.717, 1.165) is 17.1 Å². The van der Waals surface area contributed by atoms with Gasteiger partial charge in [0.05, 0.1) is 0 Å². The van der Waals surface area contributed by atoms with Gasteiger partial charge in [0.15, 0.2) is 0 Å². The molecule has 1 aliphatic heterocycles. The molecule has 2 rings (SSSR count). The molecule has 0 bridgehead atoms. The summed E-state index contributed by atoms with van der Waals surface area (Å²) < 4.78 is 0. The molecule has 1 aliphatic rings. The Bertz CT molecular complexity index is 386. The van der Waals surface area contributed by atoms with Gasteiger partial charge in [-0.3, -0.25) is 4.79 Å². The van der Waals surface area contributed by atoms with Gasteiger partial charge in [-0.25, -0.2) is 0 Å². The van der Waals surface area contributed by atoms with E-state index in [4.69, 9.17) is 11.6 Å². The topological polar surface area (TPSA) is 29.1 Å². The lowest BCUT2D eigenvalue weighted by molar-refractivity contribution is -0.106. The quantitative estimate of drug-likeness (QED) is 0.839. The number of nitrogens with one attached hydrogen (secondary N) is 1. The minimum Gasteiger partial charge on any atom is -0.358 e. The average molecular weight is 226 g/mol. The Kier molecular flexibility index (Phi) is 2.79. The Morgan fingerprint density at radius 2 is 2.00 bits per heavy atom. The van der Waals surface area contributed by atoms with Crippen LogP contribution in [0.25, 0.3) is 0 Å². The predicted octanol–water partition coefficient (Wildman–Crippen LogP) is 2.91. The largest absolute Gasteiger partial charge is 0.358 e. The standard InChI is InChI=1S/C10H8ClNOS/c11-7-1-3-8(4-2-7)12-9-5-10(13)14-6-9/h1-5,12H,6H2. The van der Waals surface area contributed by atoms with E-state index in [1.807, 2.05) is 24.3 Å². The van der Waals surface area contributed by atoms with Crippen LogP contribution in [-0.2, 0) is 4.79 Å². The number of thioether (sulfide) groups is 1. The van der Waals surface area contributed by atoms with Gasteiger partial charge in [-0.15, -0.1) is 0 Å². The molecule has 0 amide bonds.